The van der Waals surface area contributed by atoms with E-state index in [0.29, 0.717) is 6.10 Å². The van der Waals surface area contributed by atoms with Gasteiger partial charge in [0.25, 0.3) is 0 Å². The molecule has 1 saturated heterocycles. The first-order chi connectivity index (χ1) is 10.9. The number of rotatable bonds is 3. The van der Waals surface area contributed by atoms with E-state index in [1.807, 2.05) is 7.11 Å². The largest absolute Gasteiger partial charge is 0.381 e. The van der Waals surface area contributed by atoms with Gasteiger partial charge in [0, 0.05) is 25.7 Å². The topological polar surface area (TPSA) is 12.5 Å². The molecule has 0 radical (unpaired) electrons. The molecule has 0 N–H and O–H groups in total. The summed E-state index contributed by atoms with van der Waals surface area (Å²) in [5.74, 6) is 3.08. The van der Waals surface area contributed by atoms with Crippen molar-refractivity contribution in [3.05, 3.63) is 0 Å². The summed E-state index contributed by atoms with van der Waals surface area (Å²) in [6.07, 6.45) is 18.1. The van der Waals surface area contributed by atoms with Crippen LogP contribution in [0.15, 0.2) is 0 Å². The van der Waals surface area contributed by atoms with Crippen molar-refractivity contribution in [2.24, 2.45) is 17.8 Å². The molecule has 0 aromatic carbocycles. The molecule has 4 fully saturated rings. The molecule has 0 aromatic rings. The van der Waals surface area contributed by atoms with Gasteiger partial charge in [-0.1, -0.05) is 25.7 Å². The number of fused-ring (bicyclic) bond motifs is 3. The van der Waals surface area contributed by atoms with Crippen LogP contribution in [-0.4, -0.2) is 36.7 Å². The highest BCUT2D eigenvalue weighted by molar-refractivity contribution is 5.03. The standard InChI is InChI=1S/C20H35NO/c1-22-16-12-10-15(11-13-16)14-21-19-8-4-2-6-17(19)18-7-3-5-9-20(18)21/h15-20H,2-14H2,1H3. The van der Waals surface area contributed by atoms with Gasteiger partial charge in [-0.25, -0.2) is 0 Å². The summed E-state index contributed by atoms with van der Waals surface area (Å²) in [4.78, 5) is 3.05. The summed E-state index contributed by atoms with van der Waals surface area (Å²) in [6, 6.07) is 1.92. The number of nitrogens with zero attached hydrogens (tertiary/aromatic N) is 1. The quantitative estimate of drug-likeness (QED) is 0.754. The third kappa shape index (κ3) is 2.86. The Bertz CT molecular complexity index is 341. The van der Waals surface area contributed by atoms with Gasteiger partial charge in [-0.3, -0.25) is 4.90 Å². The van der Waals surface area contributed by atoms with Crippen molar-refractivity contribution in [2.75, 3.05) is 13.7 Å². The van der Waals surface area contributed by atoms with Crippen LogP contribution in [0.2, 0.25) is 0 Å². The first-order valence-corrected chi connectivity index (χ1v) is 10.2. The second-order valence-electron chi connectivity index (χ2n) is 8.61. The molecule has 1 aliphatic heterocycles. The maximum Gasteiger partial charge on any atom is 0.0571 e. The first kappa shape index (κ1) is 15.4. The van der Waals surface area contributed by atoms with Crippen molar-refractivity contribution in [3.8, 4) is 0 Å². The molecule has 2 heteroatoms. The molecule has 0 aromatic heterocycles. The third-order valence-electron chi connectivity index (χ3n) is 7.56. The maximum atomic E-state index is 5.57. The predicted octanol–water partition coefficient (Wildman–Crippen LogP) is 4.62. The molecular weight excluding hydrogens is 270 g/mol. The highest BCUT2D eigenvalue weighted by Gasteiger charge is 2.49. The van der Waals surface area contributed by atoms with Crippen LogP contribution >= 0.6 is 0 Å². The predicted molar refractivity (Wildman–Crippen MR) is 91.0 cm³/mol. The number of hydrogen-bond donors (Lipinski definition) is 0. The molecule has 3 aliphatic carbocycles. The van der Waals surface area contributed by atoms with Gasteiger partial charge in [0.15, 0.2) is 0 Å². The van der Waals surface area contributed by atoms with Gasteiger partial charge < -0.3 is 4.74 Å². The zero-order chi connectivity index (χ0) is 14.9. The van der Waals surface area contributed by atoms with E-state index in [9.17, 15) is 0 Å². The fraction of sp³-hybridized carbons (Fsp3) is 1.00. The van der Waals surface area contributed by atoms with E-state index in [-0.39, 0.29) is 0 Å². The van der Waals surface area contributed by atoms with Gasteiger partial charge >= 0.3 is 0 Å². The van der Waals surface area contributed by atoms with E-state index in [1.165, 1.54) is 70.8 Å². The van der Waals surface area contributed by atoms with Crippen LogP contribution in [0.4, 0.5) is 0 Å². The summed E-state index contributed by atoms with van der Waals surface area (Å²) in [5, 5.41) is 0. The minimum Gasteiger partial charge on any atom is -0.381 e. The van der Waals surface area contributed by atoms with Crippen LogP contribution in [0.25, 0.3) is 0 Å². The summed E-state index contributed by atoms with van der Waals surface area (Å²) in [5.41, 5.74) is 0. The second-order valence-corrected chi connectivity index (χ2v) is 8.61. The summed E-state index contributed by atoms with van der Waals surface area (Å²) in [7, 11) is 1.89. The van der Waals surface area contributed by atoms with Gasteiger partial charge in [0.05, 0.1) is 6.10 Å². The number of ether oxygens (including phenoxy) is 1. The van der Waals surface area contributed by atoms with Crippen molar-refractivity contribution in [3.63, 3.8) is 0 Å². The number of methoxy groups -OCH3 is 1. The molecule has 4 aliphatic rings. The van der Waals surface area contributed by atoms with Crippen LogP contribution < -0.4 is 0 Å². The molecule has 4 rings (SSSR count). The lowest BCUT2D eigenvalue weighted by molar-refractivity contribution is 0.0396. The summed E-state index contributed by atoms with van der Waals surface area (Å²) in [6.45, 7) is 1.42. The van der Waals surface area contributed by atoms with Crippen molar-refractivity contribution in [2.45, 2.75) is 95.2 Å². The van der Waals surface area contributed by atoms with E-state index >= 15 is 0 Å². The lowest BCUT2D eigenvalue weighted by Gasteiger charge is -2.38. The van der Waals surface area contributed by atoms with Crippen molar-refractivity contribution in [1.82, 2.24) is 4.90 Å². The van der Waals surface area contributed by atoms with Crippen molar-refractivity contribution < 1.29 is 4.74 Å². The van der Waals surface area contributed by atoms with Crippen molar-refractivity contribution in [1.29, 1.82) is 0 Å². The third-order valence-corrected chi connectivity index (χ3v) is 7.56. The van der Waals surface area contributed by atoms with Crippen LogP contribution in [0, 0.1) is 17.8 Å². The Morgan fingerprint density at radius 1 is 0.727 bits per heavy atom. The lowest BCUT2D eigenvalue weighted by atomic mass is 9.73. The monoisotopic (exact) mass is 305 g/mol. The van der Waals surface area contributed by atoms with Gasteiger partial charge in [-0.05, 0) is 69.1 Å². The Hall–Kier alpha value is -0.0800. The van der Waals surface area contributed by atoms with E-state index in [4.69, 9.17) is 4.74 Å². The molecule has 0 spiro atoms. The van der Waals surface area contributed by atoms with E-state index < -0.39 is 0 Å². The van der Waals surface area contributed by atoms with Gasteiger partial charge in [-0.15, -0.1) is 0 Å². The molecule has 4 unspecified atom stereocenters. The van der Waals surface area contributed by atoms with Gasteiger partial charge in [0.1, 0.15) is 0 Å². The molecule has 1 heterocycles. The molecule has 126 valence electrons. The maximum absolute atomic E-state index is 5.57. The molecule has 0 bridgehead atoms. The summed E-state index contributed by atoms with van der Waals surface area (Å²) < 4.78 is 5.57. The van der Waals surface area contributed by atoms with Gasteiger partial charge in [-0.2, -0.15) is 0 Å². The Balaban J connectivity index is 1.43. The molecule has 4 atom stereocenters. The second kappa shape index (κ2) is 6.81. The Kier molecular flexibility index (Phi) is 4.78. The van der Waals surface area contributed by atoms with Crippen LogP contribution in [0.1, 0.15) is 77.0 Å². The smallest absolute Gasteiger partial charge is 0.0571 e. The van der Waals surface area contributed by atoms with Crippen LogP contribution in [-0.2, 0) is 4.74 Å². The summed E-state index contributed by atoms with van der Waals surface area (Å²) >= 11 is 0. The zero-order valence-corrected chi connectivity index (χ0v) is 14.5. The number of likely N-dealkylation sites (tertiary alicyclic amines) is 1. The molecular formula is C20H35NO. The molecule has 22 heavy (non-hydrogen) atoms. The average Bonchev–Trinajstić information content (AvgIpc) is 2.90. The van der Waals surface area contributed by atoms with E-state index in [0.717, 1.165) is 29.8 Å². The highest BCUT2D eigenvalue weighted by Crippen LogP contribution is 2.49. The fourth-order valence-corrected chi connectivity index (χ4v) is 6.47. The molecule has 3 saturated carbocycles. The Labute approximate surface area is 137 Å². The fourth-order valence-electron chi connectivity index (χ4n) is 6.47. The zero-order valence-electron chi connectivity index (χ0n) is 14.5. The molecule has 2 nitrogen and oxygen atoms in total. The normalized spacial score (nSPS) is 46.2. The van der Waals surface area contributed by atoms with Crippen LogP contribution in [0.3, 0.4) is 0 Å². The highest BCUT2D eigenvalue weighted by atomic mass is 16.5. The Morgan fingerprint density at radius 3 is 1.82 bits per heavy atom. The Morgan fingerprint density at radius 2 is 1.27 bits per heavy atom. The van der Waals surface area contributed by atoms with E-state index in [1.54, 1.807) is 12.8 Å². The first-order valence-electron chi connectivity index (χ1n) is 10.2. The number of hydrogen-bond acceptors (Lipinski definition) is 2. The molecule has 0 amide bonds. The van der Waals surface area contributed by atoms with Crippen molar-refractivity contribution >= 4 is 0 Å². The van der Waals surface area contributed by atoms with E-state index in [2.05, 4.69) is 4.90 Å². The van der Waals surface area contributed by atoms with Gasteiger partial charge in [0.2, 0.25) is 0 Å². The lowest BCUT2D eigenvalue weighted by Crippen LogP contribution is -2.43. The van der Waals surface area contributed by atoms with Crippen LogP contribution in [0.5, 0.6) is 0 Å². The SMILES string of the molecule is COC1CCC(CN2C3CCCCC3C3CCCCC32)CC1. The minimum atomic E-state index is 0.555. The average molecular weight is 306 g/mol. The minimum absolute atomic E-state index is 0.555.